The van der Waals surface area contributed by atoms with Crippen LogP contribution in [0, 0.1) is 5.82 Å². The number of fused-ring (bicyclic) bond motifs is 3. The topological polar surface area (TPSA) is 45.3 Å². The number of aromatic nitrogens is 1. The summed E-state index contributed by atoms with van der Waals surface area (Å²) in [7, 11) is 1.58. The van der Waals surface area contributed by atoms with Gasteiger partial charge in [0.15, 0.2) is 0 Å². The SMILES string of the molecule is COc1cccc(C(=O)N2CCc3[nH]c4ccc(F)cc4c3C2)c1. The first kappa shape index (κ1) is 14.8. The highest BCUT2D eigenvalue weighted by molar-refractivity contribution is 5.95. The van der Waals surface area contributed by atoms with Crippen molar-refractivity contribution in [3.8, 4) is 5.75 Å². The number of carbonyl (C=O) groups excluding carboxylic acids is 1. The number of carbonyl (C=O) groups is 1. The molecule has 0 radical (unpaired) electrons. The third-order valence-corrected chi connectivity index (χ3v) is 4.54. The number of H-pyrrole nitrogens is 1. The molecule has 0 bridgehead atoms. The number of hydrogen-bond acceptors (Lipinski definition) is 2. The number of benzene rings is 2. The molecule has 1 aromatic heterocycles. The van der Waals surface area contributed by atoms with Crippen LogP contribution < -0.4 is 4.74 Å². The minimum absolute atomic E-state index is 0.0368. The molecule has 0 spiro atoms. The number of nitrogens with one attached hydrogen (secondary N) is 1. The molecule has 5 heteroatoms. The molecule has 1 aliphatic rings. The van der Waals surface area contributed by atoms with Crippen LogP contribution in [0.4, 0.5) is 4.39 Å². The molecule has 0 atom stereocenters. The van der Waals surface area contributed by atoms with Gasteiger partial charge < -0.3 is 14.6 Å². The Morgan fingerprint density at radius 1 is 1.25 bits per heavy atom. The number of aromatic amines is 1. The van der Waals surface area contributed by atoms with Gasteiger partial charge in [0.25, 0.3) is 5.91 Å². The Kier molecular flexibility index (Phi) is 3.49. The molecule has 0 fully saturated rings. The van der Waals surface area contributed by atoms with E-state index in [0.717, 1.165) is 28.6 Å². The zero-order valence-corrected chi connectivity index (χ0v) is 13.3. The molecule has 0 aliphatic carbocycles. The van der Waals surface area contributed by atoms with Crippen LogP contribution in [0.1, 0.15) is 21.6 Å². The van der Waals surface area contributed by atoms with E-state index in [1.807, 2.05) is 12.1 Å². The van der Waals surface area contributed by atoms with Crippen LogP contribution in [-0.4, -0.2) is 29.4 Å². The normalized spacial score (nSPS) is 13.8. The van der Waals surface area contributed by atoms with Crippen molar-refractivity contribution in [3.05, 3.63) is 65.1 Å². The fraction of sp³-hybridized carbons (Fsp3) is 0.211. The van der Waals surface area contributed by atoms with E-state index in [4.69, 9.17) is 4.74 Å². The number of hydrogen-bond donors (Lipinski definition) is 1. The van der Waals surface area contributed by atoms with E-state index in [-0.39, 0.29) is 11.7 Å². The zero-order chi connectivity index (χ0) is 16.7. The van der Waals surface area contributed by atoms with Crippen molar-refractivity contribution in [1.82, 2.24) is 9.88 Å². The van der Waals surface area contributed by atoms with E-state index in [1.165, 1.54) is 12.1 Å². The highest BCUT2D eigenvalue weighted by Gasteiger charge is 2.25. The largest absolute Gasteiger partial charge is 0.497 e. The fourth-order valence-electron chi connectivity index (χ4n) is 3.30. The standard InChI is InChI=1S/C19H17FN2O2/c1-24-14-4-2-3-12(9-14)19(23)22-8-7-18-16(11-22)15-10-13(20)5-6-17(15)21-18/h2-6,9-10,21H,7-8,11H2,1H3. The molecular formula is C19H17FN2O2. The lowest BCUT2D eigenvalue weighted by atomic mass is 10.0. The van der Waals surface area contributed by atoms with Gasteiger partial charge in [-0.15, -0.1) is 0 Å². The van der Waals surface area contributed by atoms with Crippen LogP contribution in [0.5, 0.6) is 5.75 Å². The highest BCUT2D eigenvalue weighted by atomic mass is 19.1. The van der Waals surface area contributed by atoms with Gasteiger partial charge in [-0.25, -0.2) is 4.39 Å². The summed E-state index contributed by atoms with van der Waals surface area (Å²) < 4.78 is 18.8. The molecule has 1 aliphatic heterocycles. The Labute approximate surface area is 138 Å². The van der Waals surface area contributed by atoms with Crippen LogP contribution in [-0.2, 0) is 13.0 Å². The molecule has 1 N–H and O–H groups in total. The molecule has 0 saturated carbocycles. The molecule has 4 rings (SSSR count). The predicted molar refractivity (Wildman–Crippen MR) is 89.7 cm³/mol. The van der Waals surface area contributed by atoms with E-state index in [2.05, 4.69) is 4.98 Å². The summed E-state index contributed by atoms with van der Waals surface area (Å²) in [5.41, 5.74) is 3.61. The Balaban J connectivity index is 1.67. The van der Waals surface area contributed by atoms with E-state index < -0.39 is 0 Å². The van der Waals surface area contributed by atoms with Gasteiger partial charge >= 0.3 is 0 Å². The number of nitrogens with zero attached hydrogens (tertiary/aromatic N) is 1. The summed E-state index contributed by atoms with van der Waals surface area (Å²) in [6.07, 6.45) is 0.737. The molecule has 0 unspecified atom stereocenters. The van der Waals surface area contributed by atoms with Crippen LogP contribution in [0.15, 0.2) is 42.5 Å². The fourth-order valence-corrected chi connectivity index (χ4v) is 3.30. The van der Waals surface area contributed by atoms with Gasteiger partial charge in [-0.3, -0.25) is 4.79 Å². The summed E-state index contributed by atoms with van der Waals surface area (Å²) in [5.74, 6) is 0.360. The molecule has 3 aromatic rings. The van der Waals surface area contributed by atoms with Crippen molar-refractivity contribution < 1.29 is 13.9 Å². The van der Waals surface area contributed by atoms with Crippen molar-refractivity contribution in [2.45, 2.75) is 13.0 Å². The van der Waals surface area contributed by atoms with E-state index >= 15 is 0 Å². The average Bonchev–Trinajstić information content (AvgIpc) is 2.98. The maximum atomic E-state index is 13.6. The molecular weight excluding hydrogens is 307 g/mol. The van der Waals surface area contributed by atoms with Crippen molar-refractivity contribution in [1.29, 1.82) is 0 Å². The van der Waals surface area contributed by atoms with Gasteiger partial charge in [-0.1, -0.05) is 6.07 Å². The summed E-state index contributed by atoms with van der Waals surface area (Å²) >= 11 is 0. The second-order valence-corrected chi connectivity index (χ2v) is 5.98. The van der Waals surface area contributed by atoms with Crippen molar-refractivity contribution >= 4 is 16.8 Å². The third kappa shape index (κ3) is 2.42. The first-order chi connectivity index (χ1) is 11.7. The Morgan fingerprint density at radius 3 is 2.96 bits per heavy atom. The Bertz CT molecular complexity index is 932. The van der Waals surface area contributed by atoms with Crippen molar-refractivity contribution in [3.63, 3.8) is 0 Å². The second-order valence-electron chi connectivity index (χ2n) is 5.98. The predicted octanol–water partition coefficient (Wildman–Crippen LogP) is 3.51. The lowest BCUT2D eigenvalue weighted by molar-refractivity contribution is 0.0734. The number of ether oxygens (including phenoxy) is 1. The summed E-state index contributed by atoms with van der Waals surface area (Å²) in [6, 6.07) is 11.9. The molecule has 122 valence electrons. The number of rotatable bonds is 2. The molecule has 4 nitrogen and oxygen atoms in total. The van der Waals surface area contributed by atoms with E-state index in [9.17, 15) is 9.18 Å². The minimum atomic E-state index is -0.263. The van der Waals surface area contributed by atoms with Crippen LogP contribution >= 0.6 is 0 Å². The van der Waals surface area contributed by atoms with E-state index in [1.54, 1.807) is 30.2 Å². The van der Waals surface area contributed by atoms with E-state index in [0.29, 0.717) is 24.4 Å². The zero-order valence-electron chi connectivity index (χ0n) is 13.3. The van der Waals surface area contributed by atoms with Crippen molar-refractivity contribution in [2.24, 2.45) is 0 Å². The monoisotopic (exact) mass is 324 g/mol. The van der Waals surface area contributed by atoms with Crippen LogP contribution in [0.3, 0.4) is 0 Å². The first-order valence-electron chi connectivity index (χ1n) is 7.88. The third-order valence-electron chi connectivity index (χ3n) is 4.54. The molecule has 1 amide bonds. The van der Waals surface area contributed by atoms with Crippen molar-refractivity contribution in [2.75, 3.05) is 13.7 Å². The molecule has 0 saturated heterocycles. The number of halogens is 1. The van der Waals surface area contributed by atoms with Gasteiger partial charge in [-0.05, 0) is 36.4 Å². The van der Waals surface area contributed by atoms with Gasteiger partial charge in [0.1, 0.15) is 11.6 Å². The van der Waals surface area contributed by atoms with Crippen LogP contribution in [0.2, 0.25) is 0 Å². The lowest BCUT2D eigenvalue weighted by Crippen LogP contribution is -2.35. The Morgan fingerprint density at radius 2 is 2.12 bits per heavy atom. The number of amides is 1. The van der Waals surface area contributed by atoms with Gasteiger partial charge in [0.05, 0.1) is 7.11 Å². The quantitative estimate of drug-likeness (QED) is 0.784. The maximum absolute atomic E-state index is 13.6. The smallest absolute Gasteiger partial charge is 0.254 e. The van der Waals surface area contributed by atoms with Gasteiger partial charge in [-0.2, -0.15) is 0 Å². The summed E-state index contributed by atoms with van der Waals surface area (Å²) in [5, 5.41) is 0.855. The molecule has 2 heterocycles. The highest BCUT2D eigenvalue weighted by Crippen LogP contribution is 2.29. The molecule has 24 heavy (non-hydrogen) atoms. The maximum Gasteiger partial charge on any atom is 0.254 e. The summed E-state index contributed by atoms with van der Waals surface area (Å²) in [6.45, 7) is 1.12. The molecule has 2 aromatic carbocycles. The van der Waals surface area contributed by atoms with Crippen LogP contribution in [0.25, 0.3) is 10.9 Å². The second kappa shape index (κ2) is 5.67. The van der Waals surface area contributed by atoms with Gasteiger partial charge in [0, 0.05) is 47.2 Å². The first-order valence-corrected chi connectivity index (χ1v) is 7.88. The minimum Gasteiger partial charge on any atom is -0.497 e. The van der Waals surface area contributed by atoms with Gasteiger partial charge in [0.2, 0.25) is 0 Å². The average molecular weight is 324 g/mol. The number of methoxy groups -OCH3 is 1. The summed E-state index contributed by atoms with van der Waals surface area (Å²) in [4.78, 5) is 17.9. The lowest BCUT2D eigenvalue weighted by Gasteiger charge is -2.27. The Hall–Kier alpha value is -2.82.